The van der Waals surface area contributed by atoms with Crippen molar-refractivity contribution in [2.45, 2.75) is 26.2 Å². The van der Waals surface area contributed by atoms with Crippen LogP contribution in [0.3, 0.4) is 0 Å². The maximum absolute atomic E-state index is 12.6. The highest BCUT2D eigenvalue weighted by molar-refractivity contribution is 5.95. The molecule has 1 aliphatic heterocycles. The number of amides is 1. The van der Waals surface area contributed by atoms with Gasteiger partial charge in [-0.2, -0.15) is 5.10 Å². The van der Waals surface area contributed by atoms with Gasteiger partial charge in [-0.1, -0.05) is 24.3 Å². The molecule has 3 aromatic rings. The summed E-state index contributed by atoms with van der Waals surface area (Å²) in [6, 6.07) is 11.9. The van der Waals surface area contributed by atoms with Gasteiger partial charge in [0.2, 0.25) is 5.91 Å². The minimum Gasteiger partial charge on any atom is -0.493 e. The van der Waals surface area contributed by atoms with Gasteiger partial charge in [-0.25, -0.2) is 4.68 Å². The number of methoxy groups -OCH3 is 2. The summed E-state index contributed by atoms with van der Waals surface area (Å²) in [4.78, 5) is 12.6. The largest absolute Gasteiger partial charge is 0.493 e. The molecule has 1 unspecified atom stereocenters. The SMILES string of the molecule is COc1cccc(C2CC(=O)Nc3c2cnn3-c2cc(C)ccc2C)c1OC. The fourth-order valence-corrected chi connectivity index (χ4v) is 3.81. The number of carbonyl (C=O) groups excluding carboxylic acids is 1. The van der Waals surface area contributed by atoms with Crippen molar-refractivity contribution in [3.8, 4) is 17.2 Å². The maximum Gasteiger partial charge on any atom is 0.226 e. The topological polar surface area (TPSA) is 65.4 Å². The van der Waals surface area contributed by atoms with Crippen LogP contribution in [0.1, 0.15) is 34.6 Å². The lowest BCUT2D eigenvalue weighted by atomic mass is 9.86. The van der Waals surface area contributed by atoms with Crippen molar-refractivity contribution in [2.24, 2.45) is 0 Å². The Kier molecular flexibility index (Phi) is 4.55. The minimum absolute atomic E-state index is 0.0468. The molecule has 6 heteroatoms. The number of aryl methyl sites for hydroxylation is 2. The molecule has 0 saturated heterocycles. The van der Waals surface area contributed by atoms with Crippen molar-refractivity contribution in [2.75, 3.05) is 19.5 Å². The van der Waals surface area contributed by atoms with E-state index in [9.17, 15) is 4.79 Å². The van der Waals surface area contributed by atoms with Crippen molar-refractivity contribution in [1.82, 2.24) is 9.78 Å². The standard InChI is InChI=1S/C22H23N3O3/c1-13-8-9-14(2)18(10-13)25-22-17(12-23-25)16(11-20(26)24-22)15-6-5-7-19(27-3)21(15)28-4/h5-10,12,16H,11H2,1-4H3,(H,24,26). The third kappa shape index (κ3) is 2.91. The molecule has 28 heavy (non-hydrogen) atoms. The highest BCUT2D eigenvalue weighted by atomic mass is 16.5. The number of nitrogens with one attached hydrogen (secondary N) is 1. The molecule has 0 fully saturated rings. The Morgan fingerprint density at radius 1 is 1.11 bits per heavy atom. The molecule has 0 saturated carbocycles. The van der Waals surface area contributed by atoms with Gasteiger partial charge in [-0.3, -0.25) is 4.79 Å². The van der Waals surface area contributed by atoms with Gasteiger partial charge in [-0.05, 0) is 37.1 Å². The second-order valence-corrected chi connectivity index (χ2v) is 7.04. The lowest BCUT2D eigenvalue weighted by molar-refractivity contribution is -0.116. The molecular weight excluding hydrogens is 354 g/mol. The number of benzene rings is 2. The molecule has 144 valence electrons. The molecule has 0 spiro atoms. The number of rotatable bonds is 4. The molecule has 0 radical (unpaired) electrons. The number of aromatic nitrogens is 2. The molecule has 1 atom stereocenters. The van der Waals surface area contributed by atoms with E-state index < -0.39 is 0 Å². The normalized spacial score (nSPS) is 15.7. The molecule has 0 aliphatic carbocycles. The smallest absolute Gasteiger partial charge is 0.226 e. The highest BCUT2D eigenvalue weighted by Crippen LogP contribution is 2.44. The van der Waals surface area contributed by atoms with E-state index in [1.807, 2.05) is 42.9 Å². The van der Waals surface area contributed by atoms with Crippen LogP contribution in [0.4, 0.5) is 5.82 Å². The van der Waals surface area contributed by atoms with Crippen molar-refractivity contribution in [1.29, 1.82) is 0 Å². The van der Waals surface area contributed by atoms with Crippen molar-refractivity contribution in [3.05, 3.63) is 64.8 Å². The summed E-state index contributed by atoms with van der Waals surface area (Å²) in [5.41, 5.74) is 5.06. The van der Waals surface area contributed by atoms with Crippen molar-refractivity contribution < 1.29 is 14.3 Å². The van der Waals surface area contributed by atoms with Crippen LogP contribution in [0.5, 0.6) is 11.5 Å². The van der Waals surface area contributed by atoms with Gasteiger partial charge < -0.3 is 14.8 Å². The summed E-state index contributed by atoms with van der Waals surface area (Å²) in [5, 5.41) is 7.62. The molecule has 4 rings (SSSR count). The van der Waals surface area contributed by atoms with E-state index in [-0.39, 0.29) is 11.8 Å². The van der Waals surface area contributed by atoms with Crippen LogP contribution in [0.2, 0.25) is 0 Å². The van der Waals surface area contributed by atoms with E-state index in [1.165, 1.54) is 0 Å². The average molecular weight is 377 g/mol. The molecule has 1 amide bonds. The van der Waals surface area contributed by atoms with Gasteiger partial charge in [-0.15, -0.1) is 0 Å². The summed E-state index contributed by atoms with van der Waals surface area (Å²) < 4.78 is 12.9. The fourth-order valence-electron chi connectivity index (χ4n) is 3.81. The van der Waals surface area contributed by atoms with Gasteiger partial charge in [0, 0.05) is 23.5 Å². The number of anilines is 1. The van der Waals surface area contributed by atoms with Gasteiger partial charge in [0.15, 0.2) is 11.5 Å². The van der Waals surface area contributed by atoms with E-state index in [4.69, 9.17) is 9.47 Å². The number of ether oxygens (including phenoxy) is 2. The van der Waals surface area contributed by atoms with E-state index in [2.05, 4.69) is 28.6 Å². The molecule has 1 N–H and O–H groups in total. The zero-order chi connectivity index (χ0) is 19.8. The summed E-state index contributed by atoms with van der Waals surface area (Å²) in [6.45, 7) is 4.08. The minimum atomic E-state index is -0.160. The fraction of sp³-hybridized carbons (Fsp3) is 0.273. The second-order valence-electron chi connectivity index (χ2n) is 7.04. The number of para-hydroxylation sites is 1. The summed E-state index contributed by atoms with van der Waals surface area (Å²) in [5.74, 6) is 1.80. The first-order chi connectivity index (χ1) is 13.5. The van der Waals surface area contributed by atoms with Crippen molar-refractivity contribution in [3.63, 3.8) is 0 Å². The highest BCUT2D eigenvalue weighted by Gasteiger charge is 2.33. The second kappa shape index (κ2) is 7.03. The van der Waals surface area contributed by atoms with Crippen molar-refractivity contribution >= 4 is 11.7 Å². The Morgan fingerprint density at radius 2 is 1.93 bits per heavy atom. The molecule has 1 aliphatic rings. The number of nitrogens with zero attached hydrogens (tertiary/aromatic N) is 2. The Bertz CT molecular complexity index is 1060. The Balaban J connectivity index is 1.88. The molecule has 6 nitrogen and oxygen atoms in total. The van der Waals surface area contributed by atoms with E-state index in [0.29, 0.717) is 23.7 Å². The molecule has 2 heterocycles. The zero-order valence-corrected chi connectivity index (χ0v) is 16.4. The van der Waals surface area contributed by atoms with Crippen LogP contribution in [-0.2, 0) is 4.79 Å². The number of hydrogen-bond acceptors (Lipinski definition) is 4. The molecule has 0 bridgehead atoms. The maximum atomic E-state index is 12.6. The van der Waals surface area contributed by atoms with Crippen LogP contribution >= 0.6 is 0 Å². The number of hydrogen-bond donors (Lipinski definition) is 1. The Labute approximate surface area is 164 Å². The Hall–Kier alpha value is -3.28. The van der Waals surface area contributed by atoms with E-state index >= 15 is 0 Å². The van der Waals surface area contributed by atoms with Gasteiger partial charge in [0.05, 0.1) is 26.1 Å². The first-order valence-corrected chi connectivity index (χ1v) is 9.19. The summed E-state index contributed by atoms with van der Waals surface area (Å²) in [6.07, 6.45) is 2.16. The van der Waals surface area contributed by atoms with Crippen LogP contribution < -0.4 is 14.8 Å². The van der Waals surface area contributed by atoms with E-state index in [0.717, 1.165) is 27.9 Å². The van der Waals surface area contributed by atoms with Crippen LogP contribution in [0.25, 0.3) is 5.69 Å². The van der Waals surface area contributed by atoms with E-state index in [1.54, 1.807) is 14.2 Å². The van der Waals surface area contributed by atoms with Crippen LogP contribution in [0, 0.1) is 13.8 Å². The lowest BCUT2D eigenvalue weighted by Crippen LogP contribution is -2.25. The van der Waals surface area contributed by atoms with Gasteiger partial charge in [0.1, 0.15) is 5.82 Å². The zero-order valence-electron chi connectivity index (χ0n) is 16.4. The summed E-state index contributed by atoms with van der Waals surface area (Å²) in [7, 11) is 3.23. The first-order valence-electron chi connectivity index (χ1n) is 9.19. The predicted octanol–water partition coefficient (Wildman–Crippen LogP) is 3.98. The third-order valence-corrected chi connectivity index (χ3v) is 5.22. The number of carbonyl (C=O) groups is 1. The monoisotopic (exact) mass is 377 g/mol. The third-order valence-electron chi connectivity index (χ3n) is 5.22. The van der Waals surface area contributed by atoms with Gasteiger partial charge in [0.25, 0.3) is 0 Å². The predicted molar refractivity (Wildman–Crippen MR) is 108 cm³/mol. The van der Waals surface area contributed by atoms with Crippen LogP contribution in [-0.4, -0.2) is 29.9 Å². The van der Waals surface area contributed by atoms with Crippen LogP contribution in [0.15, 0.2) is 42.6 Å². The summed E-state index contributed by atoms with van der Waals surface area (Å²) >= 11 is 0. The quantitative estimate of drug-likeness (QED) is 0.747. The molecule has 1 aromatic heterocycles. The first kappa shape index (κ1) is 18.1. The molecular formula is C22H23N3O3. The average Bonchev–Trinajstić information content (AvgIpc) is 3.11. The Morgan fingerprint density at radius 3 is 2.68 bits per heavy atom. The van der Waals surface area contributed by atoms with Gasteiger partial charge >= 0.3 is 0 Å². The molecule has 2 aromatic carbocycles. The number of fused-ring (bicyclic) bond motifs is 1. The lowest BCUT2D eigenvalue weighted by Gasteiger charge is -2.26.